The zero-order valence-corrected chi connectivity index (χ0v) is 12.6. The number of hydrogen-bond acceptors (Lipinski definition) is 2. The number of rotatable bonds is 1. The fraction of sp³-hybridized carbons (Fsp3) is 0. The highest BCUT2D eigenvalue weighted by molar-refractivity contribution is 9.11. The van der Waals surface area contributed by atoms with E-state index in [2.05, 4.69) is 55.0 Å². The fourth-order valence-corrected chi connectivity index (χ4v) is 3.98. The van der Waals surface area contributed by atoms with Gasteiger partial charge in [-0.15, -0.1) is 11.3 Å². The molecule has 0 amide bonds. The van der Waals surface area contributed by atoms with Crippen molar-refractivity contribution in [1.29, 1.82) is 0 Å². The van der Waals surface area contributed by atoms with Gasteiger partial charge in [-0.05, 0) is 51.8 Å². The predicted octanol–water partition coefficient (Wildman–Crippen LogP) is 5.49. The Morgan fingerprint density at radius 3 is 2.35 bits per heavy atom. The Hall–Kier alpha value is -0.710. The summed E-state index contributed by atoms with van der Waals surface area (Å²) >= 11 is 8.97. The van der Waals surface area contributed by atoms with Gasteiger partial charge in [-0.3, -0.25) is 4.98 Å². The second kappa shape index (κ2) is 4.52. The second-order valence-corrected chi connectivity index (χ2v) is 6.38. The largest absolute Gasteiger partial charge is 0.265 e. The molecule has 0 bridgehead atoms. The molecule has 0 aliphatic rings. The lowest BCUT2D eigenvalue weighted by Gasteiger charge is -1.94. The molecule has 2 aromatic heterocycles. The molecule has 1 aromatic carbocycles. The number of thiophene rings is 1. The molecule has 4 heteroatoms. The number of hydrogen-bond donors (Lipinski definition) is 0. The Morgan fingerprint density at radius 1 is 0.941 bits per heavy atom. The Kier molecular flexibility index (Phi) is 3.03. The first-order valence-corrected chi connectivity index (χ1v) is 7.44. The lowest BCUT2D eigenvalue weighted by Crippen LogP contribution is -1.71. The molecule has 0 fully saturated rings. The Bertz CT molecular complexity index is 637. The summed E-state index contributed by atoms with van der Waals surface area (Å²) in [7, 11) is 0. The minimum absolute atomic E-state index is 1.13. The molecule has 0 atom stereocenters. The third-order valence-electron chi connectivity index (χ3n) is 2.55. The highest BCUT2D eigenvalue weighted by Gasteiger charge is 2.09. The van der Waals surface area contributed by atoms with Crippen molar-refractivity contribution < 1.29 is 0 Å². The third-order valence-corrected chi connectivity index (χ3v) is 5.38. The van der Waals surface area contributed by atoms with E-state index in [1.54, 1.807) is 11.3 Å². The fourth-order valence-electron chi connectivity index (χ4n) is 1.72. The molecule has 1 nitrogen and oxygen atoms in total. The normalized spacial score (nSPS) is 10.9. The van der Waals surface area contributed by atoms with Crippen molar-refractivity contribution in [2.45, 2.75) is 0 Å². The van der Waals surface area contributed by atoms with Crippen molar-refractivity contribution in [2.24, 2.45) is 0 Å². The number of nitrogens with zero attached hydrogens (tertiary/aromatic N) is 1. The summed E-state index contributed by atoms with van der Waals surface area (Å²) in [6.45, 7) is 0. The smallest absolute Gasteiger partial charge is 0.0502 e. The minimum Gasteiger partial charge on any atom is -0.265 e. The van der Waals surface area contributed by atoms with Crippen LogP contribution in [0.25, 0.3) is 20.5 Å². The van der Waals surface area contributed by atoms with Gasteiger partial charge < -0.3 is 0 Å². The number of pyridine rings is 1. The SMILES string of the molecule is Brc1ccc(Br)c2sc(-c3ccncc3)cc12. The van der Waals surface area contributed by atoms with Crippen LogP contribution in [0.5, 0.6) is 0 Å². The number of aromatic nitrogens is 1. The average molecular weight is 369 g/mol. The first-order valence-electron chi connectivity index (χ1n) is 5.03. The van der Waals surface area contributed by atoms with E-state index in [-0.39, 0.29) is 0 Å². The van der Waals surface area contributed by atoms with Crippen molar-refractivity contribution in [3.8, 4) is 10.4 Å². The molecule has 3 rings (SSSR count). The summed E-state index contributed by atoms with van der Waals surface area (Å²) in [5.41, 5.74) is 1.21. The third kappa shape index (κ3) is 2.05. The first-order chi connectivity index (χ1) is 8.25. The van der Waals surface area contributed by atoms with E-state index >= 15 is 0 Å². The van der Waals surface area contributed by atoms with Gasteiger partial charge in [0.1, 0.15) is 0 Å². The molecule has 3 aromatic rings. The topological polar surface area (TPSA) is 12.9 Å². The molecule has 17 heavy (non-hydrogen) atoms. The van der Waals surface area contributed by atoms with Crippen molar-refractivity contribution in [1.82, 2.24) is 4.98 Å². The van der Waals surface area contributed by atoms with E-state index < -0.39 is 0 Å². The molecule has 0 unspecified atom stereocenters. The minimum atomic E-state index is 1.13. The highest BCUT2D eigenvalue weighted by Crippen LogP contribution is 2.40. The Morgan fingerprint density at radius 2 is 1.65 bits per heavy atom. The molecule has 0 radical (unpaired) electrons. The van der Waals surface area contributed by atoms with Gasteiger partial charge in [0.25, 0.3) is 0 Å². The molecule has 2 heterocycles. The van der Waals surface area contributed by atoms with Gasteiger partial charge >= 0.3 is 0 Å². The summed E-state index contributed by atoms with van der Waals surface area (Å²) in [4.78, 5) is 5.31. The van der Waals surface area contributed by atoms with Crippen LogP contribution in [0.3, 0.4) is 0 Å². The van der Waals surface area contributed by atoms with Crippen LogP contribution in [0.15, 0.2) is 51.7 Å². The van der Waals surface area contributed by atoms with Crippen molar-refractivity contribution in [2.75, 3.05) is 0 Å². The predicted molar refractivity (Wildman–Crippen MR) is 80.5 cm³/mol. The van der Waals surface area contributed by atoms with E-state index in [0.717, 1.165) is 8.95 Å². The van der Waals surface area contributed by atoms with Crippen LogP contribution in [0.4, 0.5) is 0 Å². The van der Waals surface area contributed by atoms with E-state index in [1.807, 2.05) is 24.5 Å². The van der Waals surface area contributed by atoms with Crippen LogP contribution in [0.2, 0.25) is 0 Å². The van der Waals surface area contributed by atoms with Gasteiger partial charge in [-0.2, -0.15) is 0 Å². The lowest BCUT2D eigenvalue weighted by atomic mass is 10.2. The highest BCUT2D eigenvalue weighted by atomic mass is 79.9. The maximum Gasteiger partial charge on any atom is 0.0502 e. The van der Waals surface area contributed by atoms with Crippen LogP contribution >= 0.6 is 43.2 Å². The van der Waals surface area contributed by atoms with E-state index in [9.17, 15) is 0 Å². The summed E-state index contributed by atoms with van der Waals surface area (Å²) in [5.74, 6) is 0. The van der Waals surface area contributed by atoms with Crippen LogP contribution in [-0.4, -0.2) is 4.98 Å². The van der Waals surface area contributed by atoms with Crippen molar-refractivity contribution >= 4 is 53.3 Å². The molecule has 0 spiro atoms. The Labute approximate surface area is 120 Å². The van der Waals surface area contributed by atoms with Gasteiger partial charge in [0.05, 0.1) is 4.70 Å². The van der Waals surface area contributed by atoms with Crippen molar-refractivity contribution in [3.05, 3.63) is 51.7 Å². The number of fused-ring (bicyclic) bond motifs is 1. The summed E-state index contributed by atoms with van der Waals surface area (Å²) in [6.07, 6.45) is 3.65. The summed E-state index contributed by atoms with van der Waals surface area (Å²) in [5, 5.41) is 1.25. The van der Waals surface area contributed by atoms with Crippen molar-refractivity contribution in [3.63, 3.8) is 0 Å². The maximum absolute atomic E-state index is 4.05. The molecule has 0 aliphatic heterocycles. The molecule has 0 aliphatic carbocycles. The molecule has 0 saturated heterocycles. The average Bonchev–Trinajstić information content (AvgIpc) is 2.81. The van der Waals surface area contributed by atoms with Gasteiger partial charge in [-0.25, -0.2) is 0 Å². The molecular weight excluding hydrogens is 362 g/mol. The second-order valence-electron chi connectivity index (χ2n) is 3.62. The Balaban J connectivity index is 2.27. The molecule has 84 valence electrons. The summed E-state index contributed by atoms with van der Waals surface area (Å²) in [6, 6.07) is 10.4. The zero-order valence-electron chi connectivity index (χ0n) is 8.65. The van der Waals surface area contributed by atoms with Gasteiger partial charge in [0.2, 0.25) is 0 Å². The van der Waals surface area contributed by atoms with Gasteiger partial charge in [0, 0.05) is 31.6 Å². The first kappa shape index (κ1) is 11.4. The lowest BCUT2D eigenvalue weighted by molar-refractivity contribution is 1.33. The van der Waals surface area contributed by atoms with Crippen LogP contribution in [-0.2, 0) is 0 Å². The van der Waals surface area contributed by atoms with Crippen LogP contribution < -0.4 is 0 Å². The maximum atomic E-state index is 4.05. The van der Waals surface area contributed by atoms with E-state index in [1.165, 1.54) is 20.5 Å². The molecule has 0 N–H and O–H groups in total. The van der Waals surface area contributed by atoms with E-state index in [4.69, 9.17) is 0 Å². The number of benzene rings is 1. The summed E-state index contributed by atoms with van der Waals surface area (Å²) < 4.78 is 3.54. The number of halogens is 2. The van der Waals surface area contributed by atoms with Crippen LogP contribution in [0, 0.1) is 0 Å². The van der Waals surface area contributed by atoms with Gasteiger partial charge in [0.15, 0.2) is 0 Å². The van der Waals surface area contributed by atoms with E-state index in [0.29, 0.717) is 0 Å². The molecular formula is C13H7Br2NS. The van der Waals surface area contributed by atoms with Gasteiger partial charge in [-0.1, -0.05) is 15.9 Å². The quantitative estimate of drug-likeness (QED) is 0.553. The molecule has 0 saturated carbocycles. The monoisotopic (exact) mass is 367 g/mol. The van der Waals surface area contributed by atoms with Crippen LogP contribution in [0.1, 0.15) is 0 Å². The standard InChI is InChI=1S/C13H7Br2NS/c14-10-1-2-11(15)13-9(10)7-12(17-13)8-3-5-16-6-4-8/h1-7H. The zero-order chi connectivity index (χ0) is 11.8.